The number of nitrogens with one attached hydrogen (secondary N) is 2. The fourth-order valence-electron chi connectivity index (χ4n) is 3.97. The zero-order valence-electron chi connectivity index (χ0n) is 17.6. The quantitative estimate of drug-likeness (QED) is 0.577. The van der Waals surface area contributed by atoms with Gasteiger partial charge in [-0.1, -0.05) is 26.0 Å². The van der Waals surface area contributed by atoms with Crippen LogP contribution in [0.3, 0.4) is 0 Å². The minimum Gasteiger partial charge on any atom is -0.391 e. The van der Waals surface area contributed by atoms with Crippen molar-refractivity contribution in [3.63, 3.8) is 0 Å². The third kappa shape index (κ3) is 4.93. The molecule has 2 saturated heterocycles. The molecule has 0 radical (unpaired) electrons. The summed E-state index contributed by atoms with van der Waals surface area (Å²) < 4.78 is 6.94. The second-order valence-corrected chi connectivity index (χ2v) is 8.91. The number of hydrogen-bond acceptors (Lipinski definition) is 7. The van der Waals surface area contributed by atoms with Gasteiger partial charge in [0.2, 0.25) is 11.8 Å². The molecule has 2 amide bonds. The van der Waals surface area contributed by atoms with E-state index in [2.05, 4.69) is 20.9 Å². The van der Waals surface area contributed by atoms with Crippen molar-refractivity contribution in [1.82, 2.24) is 30.5 Å². The fraction of sp³-hybridized carbons (Fsp3) is 0.789. The van der Waals surface area contributed by atoms with Crippen molar-refractivity contribution >= 4 is 11.8 Å². The summed E-state index contributed by atoms with van der Waals surface area (Å²) >= 11 is 0. The molecule has 0 aromatic carbocycles. The lowest BCUT2D eigenvalue weighted by atomic mass is 9.85. The van der Waals surface area contributed by atoms with Crippen molar-refractivity contribution in [2.75, 3.05) is 26.8 Å². The number of likely N-dealkylation sites (N-methyl/N-ethyl adjacent to an activating group) is 1. The van der Waals surface area contributed by atoms with Crippen LogP contribution in [0, 0.1) is 5.41 Å². The van der Waals surface area contributed by atoms with E-state index < -0.39 is 23.6 Å². The molecule has 3 N–H and O–H groups in total. The maximum atomic E-state index is 13.5. The maximum Gasteiger partial charge on any atom is 0.248 e. The summed E-state index contributed by atoms with van der Waals surface area (Å²) in [4.78, 5) is 27.2. The molecule has 10 heteroatoms. The first kappa shape index (κ1) is 21.7. The summed E-state index contributed by atoms with van der Waals surface area (Å²) in [6.45, 7) is 7.98. The van der Waals surface area contributed by atoms with Gasteiger partial charge in [-0.2, -0.15) is 0 Å². The summed E-state index contributed by atoms with van der Waals surface area (Å²) in [5, 5.41) is 24.5. The first-order valence-electron chi connectivity index (χ1n) is 10.1. The zero-order chi connectivity index (χ0) is 21.2. The number of carbonyl (C=O) groups excluding carboxylic acids is 2. The van der Waals surface area contributed by atoms with Crippen LogP contribution in [0.1, 0.15) is 45.3 Å². The Morgan fingerprint density at radius 1 is 1.41 bits per heavy atom. The third-order valence-corrected chi connectivity index (χ3v) is 5.49. The number of rotatable bonds is 6. The maximum absolute atomic E-state index is 13.5. The van der Waals surface area contributed by atoms with Crippen LogP contribution < -0.4 is 10.6 Å². The van der Waals surface area contributed by atoms with Crippen molar-refractivity contribution in [3.05, 3.63) is 11.9 Å². The lowest BCUT2D eigenvalue weighted by Crippen LogP contribution is -2.49. The van der Waals surface area contributed by atoms with Gasteiger partial charge in [0, 0.05) is 39.2 Å². The highest BCUT2D eigenvalue weighted by molar-refractivity contribution is 5.90. The van der Waals surface area contributed by atoms with Crippen molar-refractivity contribution in [1.29, 1.82) is 0 Å². The van der Waals surface area contributed by atoms with Crippen molar-refractivity contribution in [3.8, 4) is 0 Å². The van der Waals surface area contributed by atoms with Gasteiger partial charge in [0.05, 0.1) is 24.6 Å². The summed E-state index contributed by atoms with van der Waals surface area (Å²) in [6, 6.07) is -1.02. The molecular weight excluding hydrogens is 376 g/mol. The van der Waals surface area contributed by atoms with E-state index >= 15 is 0 Å². The van der Waals surface area contributed by atoms with E-state index in [-0.39, 0.29) is 24.8 Å². The van der Waals surface area contributed by atoms with Gasteiger partial charge >= 0.3 is 0 Å². The first-order valence-corrected chi connectivity index (χ1v) is 10.1. The normalized spacial score (nSPS) is 26.0. The summed E-state index contributed by atoms with van der Waals surface area (Å²) in [7, 11) is 1.53. The van der Waals surface area contributed by atoms with Gasteiger partial charge in [0.15, 0.2) is 0 Å². The van der Waals surface area contributed by atoms with Crippen LogP contribution in [-0.4, -0.2) is 81.8 Å². The number of hydrogen-bond donors (Lipinski definition) is 3. The highest BCUT2D eigenvalue weighted by Gasteiger charge is 2.45. The number of aliphatic hydroxyl groups excluding tert-OH is 1. The Balaban J connectivity index is 1.77. The second-order valence-electron chi connectivity index (χ2n) is 8.91. The largest absolute Gasteiger partial charge is 0.391 e. The van der Waals surface area contributed by atoms with Crippen molar-refractivity contribution in [2.45, 2.75) is 64.4 Å². The van der Waals surface area contributed by atoms with Crippen LogP contribution in [0.4, 0.5) is 0 Å². The lowest BCUT2D eigenvalue weighted by Gasteiger charge is -2.34. The van der Waals surface area contributed by atoms with E-state index in [1.54, 1.807) is 10.9 Å². The van der Waals surface area contributed by atoms with Crippen LogP contribution in [0.2, 0.25) is 0 Å². The summed E-state index contributed by atoms with van der Waals surface area (Å²) in [5.41, 5.74) is 0.276. The number of nitrogens with zero attached hydrogens (tertiary/aromatic N) is 4. The number of amides is 2. The van der Waals surface area contributed by atoms with E-state index in [4.69, 9.17) is 4.74 Å². The lowest BCUT2D eigenvalue weighted by molar-refractivity contribution is -0.144. The summed E-state index contributed by atoms with van der Waals surface area (Å²) in [5.74, 6) is -0.513. The first-order chi connectivity index (χ1) is 13.7. The Kier molecular flexibility index (Phi) is 6.55. The average molecular weight is 409 g/mol. The van der Waals surface area contributed by atoms with Gasteiger partial charge < -0.3 is 25.4 Å². The standard InChI is InChI=1S/C19H32N6O4/c1-19(2,3)16(18(28)24-10-14(26)7-15(24)17(27)20-4)25-9-13(22-23-25)8-21-12-5-6-29-11-12/h9,12,14-16,21,26H,5-8,10-11H2,1-4H3,(H,20,27). The molecule has 3 heterocycles. The highest BCUT2D eigenvalue weighted by atomic mass is 16.5. The van der Waals surface area contributed by atoms with Crippen molar-refractivity contribution < 1.29 is 19.4 Å². The Morgan fingerprint density at radius 2 is 2.17 bits per heavy atom. The molecule has 10 nitrogen and oxygen atoms in total. The van der Waals surface area contributed by atoms with Crippen LogP contribution in [0.25, 0.3) is 0 Å². The van der Waals surface area contributed by atoms with Gasteiger partial charge in [-0.15, -0.1) is 5.10 Å². The number of aromatic nitrogens is 3. The predicted molar refractivity (Wildman–Crippen MR) is 105 cm³/mol. The molecule has 0 aliphatic carbocycles. The molecule has 1 aromatic heterocycles. The van der Waals surface area contributed by atoms with Gasteiger partial charge in [-0.25, -0.2) is 4.68 Å². The molecular formula is C19H32N6O4. The molecule has 2 aliphatic heterocycles. The van der Waals surface area contributed by atoms with E-state index in [1.165, 1.54) is 11.9 Å². The van der Waals surface area contributed by atoms with Crippen molar-refractivity contribution in [2.24, 2.45) is 5.41 Å². The van der Waals surface area contributed by atoms with Gasteiger partial charge in [0.1, 0.15) is 12.1 Å². The molecule has 2 fully saturated rings. The minimum absolute atomic E-state index is 0.133. The molecule has 2 aliphatic rings. The van der Waals surface area contributed by atoms with Gasteiger partial charge in [-0.3, -0.25) is 9.59 Å². The van der Waals surface area contributed by atoms with E-state index in [0.29, 0.717) is 19.2 Å². The fourth-order valence-corrected chi connectivity index (χ4v) is 3.97. The number of likely N-dealkylation sites (tertiary alicyclic amines) is 1. The Morgan fingerprint density at radius 3 is 2.79 bits per heavy atom. The zero-order valence-corrected chi connectivity index (χ0v) is 17.6. The van der Waals surface area contributed by atoms with Crippen LogP contribution >= 0.6 is 0 Å². The molecule has 1 aromatic rings. The van der Waals surface area contributed by atoms with E-state index in [1.807, 2.05) is 20.8 Å². The van der Waals surface area contributed by atoms with Crippen LogP contribution in [0.5, 0.6) is 0 Å². The molecule has 162 valence electrons. The minimum atomic E-state index is -0.717. The number of β-amino-alcohol motifs (C(OH)–C–C–N with tert-alkyl or cyclic N) is 1. The average Bonchev–Trinajstić information content (AvgIpc) is 3.39. The van der Waals surface area contributed by atoms with Gasteiger partial charge in [0.25, 0.3) is 0 Å². The molecule has 0 bridgehead atoms. The van der Waals surface area contributed by atoms with Gasteiger partial charge in [-0.05, 0) is 11.8 Å². The SMILES string of the molecule is CNC(=O)C1CC(O)CN1C(=O)C(n1cc(CNC2CCOC2)nn1)C(C)(C)C. The molecule has 0 spiro atoms. The van der Waals surface area contributed by atoms with E-state index in [0.717, 1.165) is 18.7 Å². The molecule has 3 rings (SSSR count). The second kappa shape index (κ2) is 8.76. The molecule has 0 saturated carbocycles. The number of carbonyl (C=O) groups is 2. The molecule has 29 heavy (non-hydrogen) atoms. The number of aliphatic hydroxyl groups is 1. The summed E-state index contributed by atoms with van der Waals surface area (Å²) in [6.07, 6.45) is 2.26. The van der Waals surface area contributed by atoms with E-state index in [9.17, 15) is 14.7 Å². The third-order valence-electron chi connectivity index (χ3n) is 5.49. The Labute approximate surface area is 171 Å². The Hall–Kier alpha value is -2.04. The topological polar surface area (TPSA) is 122 Å². The monoisotopic (exact) mass is 408 g/mol. The molecule has 4 unspecified atom stereocenters. The highest BCUT2D eigenvalue weighted by Crippen LogP contribution is 2.34. The smallest absolute Gasteiger partial charge is 0.248 e. The molecule has 4 atom stereocenters. The predicted octanol–water partition coefficient (Wildman–Crippen LogP) is -0.548. The van der Waals surface area contributed by atoms with Crippen LogP contribution in [-0.2, 0) is 20.9 Å². The number of ether oxygens (including phenoxy) is 1. The van der Waals surface area contributed by atoms with Crippen LogP contribution in [0.15, 0.2) is 6.20 Å². The Bertz CT molecular complexity index is 725.